The van der Waals surface area contributed by atoms with Gasteiger partial charge in [0.05, 0.1) is 19.1 Å². The number of aryl methyl sites for hydroxylation is 1. The first-order valence-electron chi connectivity index (χ1n) is 14.8. The fourth-order valence-corrected chi connectivity index (χ4v) is 5.51. The van der Waals surface area contributed by atoms with E-state index in [4.69, 9.17) is 9.26 Å². The van der Waals surface area contributed by atoms with Crippen LogP contribution in [0.1, 0.15) is 68.3 Å². The van der Waals surface area contributed by atoms with E-state index in [1.807, 2.05) is 0 Å². The van der Waals surface area contributed by atoms with Crippen molar-refractivity contribution in [3.63, 3.8) is 0 Å². The van der Waals surface area contributed by atoms with Crippen LogP contribution in [0.5, 0.6) is 0 Å². The SMILES string of the molecule is CCOC(=O)C[C@H](S)[C@H](C[C@@H]1CCNC1=O)NC(=O)[C@H](CC(=O)[C@@H](NC(=O)c1cc(C)on1)C(C)C)Cc1ccc(F)cc1. The molecule has 44 heavy (non-hydrogen) atoms. The number of ketones is 1. The molecule has 2 heterocycles. The second kappa shape index (κ2) is 16.4. The molecule has 1 aliphatic rings. The molecule has 0 aliphatic carbocycles. The van der Waals surface area contributed by atoms with Crippen molar-refractivity contribution in [2.45, 2.75) is 77.1 Å². The highest BCUT2D eigenvalue weighted by Crippen LogP contribution is 2.24. The Morgan fingerprint density at radius 1 is 1.16 bits per heavy atom. The summed E-state index contributed by atoms with van der Waals surface area (Å²) in [6.07, 6.45) is 0.578. The van der Waals surface area contributed by atoms with Gasteiger partial charge in [-0.3, -0.25) is 24.0 Å². The Hall–Kier alpha value is -3.74. The van der Waals surface area contributed by atoms with Gasteiger partial charge in [-0.25, -0.2) is 4.39 Å². The Balaban J connectivity index is 1.83. The average molecular weight is 633 g/mol. The fraction of sp³-hybridized carbons (Fsp3) is 0.548. The molecule has 0 unspecified atom stereocenters. The summed E-state index contributed by atoms with van der Waals surface area (Å²) in [4.78, 5) is 64.9. The molecule has 0 spiro atoms. The highest BCUT2D eigenvalue weighted by atomic mass is 32.1. The number of esters is 1. The third-order valence-corrected chi connectivity index (χ3v) is 8.09. The minimum absolute atomic E-state index is 0.0294. The quantitative estimate of drug-likeness (QED) is 0.163. The lowest BCUT2D eigenvalue weighted by atomic mass is 9.87. The molecule has 0 bridgehead atoms. The molecule has 1 fully saturated rings. The van der Waals surface area contributed by atoms with Crippen LogP contribution >= 0.6 is 12.6 Å². The minimum Gasteiger partial charge on any atom is -0.466 e. The normalized spacial score (nSPS) is 17.3. The number of rotatable bonds is 16. The van der Waals surface area contributed by atoms with Crippen LogP contribution < -0.4 is 16.0 Å². The van der Waals surface area contributed by atoms with Gasteiger partial charge in [0.15, 0.2) is 11.5 Å². The Morgan fingerprint density at radius 2 is 1.86 bits per heavy atom. The van der Waals surface area contributed by atoms with Crippen LogP contribution in [0.4, 0.5) is 4.39 Å². The molecule has 1 saturated heterocycles. The maximum atomic E-state index is 13.9. The number of carbonyl (C=O) groups is 5. The predicted octanol–water partition coefficient (Wildman–Crippen LogP) is 2.96. The smallest absolute Gasteiger partial charge is 0.306 e. The van der Waals surface area contributed by atoms with Gasteiger partial charge < -0.3 is 25.2 Å². The molecule has 0 radical (unpaired) electrons. The number of hydrogen-bond donors (Lipinski definition) is 4. The number of hydrogen-bond acceptors (Lipinski definition) is 9. The first-order chi connectivity index (χ1) is 20.9. The molecule has 240 valence electrons. The Bertz CT molecular complexity index is 1320. The summed E-state index contributed by atoms with van der Waals surface area (Å²) in [6, 6.07) is 5.46. The average Bonchev–Trinajstić information content (AvgIpc) is 3.59. The highest BCUT2D eigenvalue weighted by molar-refractivity contribution is 7.81. The number of ether oxygens (including phenoxy) is 1. The first kappa shape index (κ1) is 34.7. The number of nitrogens with one attached hydrogen (secondary N) is 3. The topological polar surface area (TPSA) is 157 Å². The molecule has 1 aliphatic heterocycles. The number of aromatic nitrogens is 1. The minimum atomic E-state index is -0.928. The fourth-order valence-electron chi connectivity index (χ4n) is 5.16. The molecule has 1 aromatic carbocycles. The van der Waals surface area contributed by atoms with Crippen LogP contribution in [0.15, 0.2) is 34.9 Å². The Labute approximate surface area is 261 Å². The van der Waals surface area contributed by atoms with Crippen LogP contribution in [-0.2, 0) is 30.3 Å². The molecule has 3 rings (SSSR count). The van der Waals surface area contributed by atoms with Gasteiger partial charge in [0.1, 0.15) is 11.6 Å². The molecule has 13 heteroatoms. The van der Waals surface area contributed by atoms with Gasteiger partial charge in [0.25, 0.3) is 5.91 Å². The van der Waals surface area contributed by atoms with E-state index in [0.29, 0.717) is 24.3 Å². The van der Waals surface area contributed by atoms with E-state index in [9.17, 15) is 28.4 Å². The Kier molecular flexibility index (Phi) is 12.9. The highest BCUT2D eigenvalue weighted by Gasteiger charge is 2.35. The van der Waals surface area contributed by atoms with Crippen molar-refractivity contribution < 1.29 is 37.6 Å². The zero-order valence-electron chi connectivity index (χ0n) is 25.4. The number of carbonyl (C=O) groups excluding carboxylic acids is 5. The second-order valence-corrected chi connectivity index (χ2v) is 12.1. The lowest BCUT2D eigenvalue weighted by Gasteiger charge is -2.29. The summed E-state index contributed by atoms with van der Waals surface area (Å²) in [5.74, 6) is -3.69. The van der Waals surface area contributed by atoms with Crippen LogP contribution in [0.25, 0.3) is 0 Å². The van der Waals surface area contributed by atoms with Gasteiger partial charge >= 0.3 is 5.97 Å². The van der Waals surface area contributed by atoms with Crippen molar-refractivity contribution >= 4 is 42.1 Å². The molecule has 11 nitrogen and oxygen atoms in total. The van der Waals surface area contributed by atoms with E-state index in [0.717, 1.165) is 0 Å². The van der Waals surface area contributed by atoms with E-state index in [-0.39, 0.29) is 61.5 Å². The monoisotopic (exact) mass is 632 g/mol. The third kappa shape index (κ3) is 10.2. The lowest BCUT2D eigenvalue weighted by molar-refractivity contribution is -0.143. The number of Topliss-reactive ketones (excluding diaryl/α,β-unsaturated/α-hetero) is 1. The van der Waals surface area contributed by atoms with Gasteiger partial charge in [-0.15, -0.1) is 0 Å². The summed E-state index contributed by atoms with van der Waals surface area (Å²) in [5, 5.41) is 11.5. The predicted molar refractivity (Wildman–Crippen MR) is 162 cm³/mol. The van der Waals surface area contributed by atoms with Crippen molar-refractivity contribution in [1.29, 1.82) is 0 Å². The molecular formula is C31H41FN4O7S. The second-order valence-electron chi connectivity index (χ2n) is 11.4. The maximum Gasteiger partial charge on any atom is 0.306 e. The third-order valence-electron chi connectivity index (χ3n) is 7.55. The standard InChI is InChI=1S/C31H41FN4O7S/c1-5-42-27(38)16-26(44)23(14-20-10-11-33-29(20)39)34-30(40)21(13-19-6-8-22(32)9-7-19)15-25(37)28(17(2)3)35-31(41)24-12-18(4)43-36-24/h6-9,12,17,20-21,23,26,28,44H,5,10-11,13-16H2,1-4H3,(H,33,39)(H,34,40)(H,35,41)/t20-,21-,23-,26-,28-/m0/s1. The molecule has 5 atom stereocenters. The van der Waals surface area contributed by atoms with Crippen molar-refractivity contribution in [1.82, 2.24) is 21.1 Å². The van der Waals surface area contributed by atoms with Gasteiger partial charge in [0, 0.05) is 42.2 Å². The lowest BCUT2D eigenvalue weighted by Crippen LogP contribution is -2.49. The van der Waals surface area contributed by atoms with Crippen molar-refractivity contribution in [2.24, 2.45) is 17.8 Å². The van der Waals surface area contributed by atoms with Crippen LogP contribution in [0.3, 0.4) is 0 Å². The maximum absolute atomic E-state index is 13.9. The van der Waals surface area contributed by atoms with Crippen LogP contribution in [0.2, 0.25) is 0 Å². The zero-order valence-corrected chi connectivity index (χ0v) is 26.3. The van der Waals surface area contributed by atoms with Gasteiger partial charge in [0.2, 0.25) is 11.8 Å². The van der Waals surface area contributed by atoms with Gasteiger partial charge in [-0.2, -0.15) is 12.6 Å². The Morgan fingerprint density at radius 3 is 2.43 bits per heavy atom. The number of nitrogens with zero attached hydrogens (tertiary/aromatic N) is 1. The van der Waals surface area contributed by atoms with Crippen molar-refractivity contribution in [2.75, 3.05) is 13.2 Å². The number of halogens is 1. The summed E-state index contributed by atoms with van der Waals surface area (Å²) in [7, 11) is 0. The molecule has 3 amide bonds. The van der Waals surface area contributed by atoms with Crippen molar-refractivity contribution in [3.8, 4) is 0 Å². The molecule has 1 aromatic heterocycles. The van der Waals surface area contributed by atoms with Crippen LogP contribution in [-0.4, -0.2) is 65.1 Å². The van der Waals surface area contributed by atoms with Gasteiger partial charge in [-0.1, -0.05) is 31.1 Å². The summed E-state index contributed by atoms with van der Waals surface area (Å²) in [6.45, 7) is 7.57. The van der Waals surface area contributed by atoms with E-state index in [1.165, 1.54) is 30.3 Å². The number of benzene rings is 1. The summed E-state index contributed by atoms with van der Waals surface area (Å²) >= 11 is 4.60. The van der Waals surface area contributed by atoms with E-state index < -0.39 is 46.9 Å². The van der Waals surface area contributed by atoms with Crippen LogP contribution in [0, 0.1) is 30.5 Å². The zero-order chi connectivity index (χ0) is 32.4. The first-order valence-corrected chi connectivity index (χ1v) is 15.3. The molecule has 2 aromatic rings. The van der Waals surface area contributed by atoms with Gasteiger partial charge in [-0.05, 0) is 56.7 Å². The van der Waals surface area contributed by atoms with E-state index >= 15 is 0 Å². The number of amides is 3. The summed E-state index contributed by atoms with van der Waals surface area (Å²) < 4.78 is 23.7. The molecule has 3 N–H and O–H groups in total. The van der Waals surface area contributed by atoms with Crippen molar-refractivity contribution in [3.05, 3.63) is 53.2 Å². The summed E-state index contributed by atoms with van der Waals surface area (Å²) in [5.41, 5.74) is 0.657. The molecule has 0 saturated carbocycles. The van der Waals surface area contributed by atoms with E-state index in [2.05, 4.69) is 33.7 Å². The van der Waals surface area contributed by atoms with E-state index in [1.54, 1.807) is 27.7 Å². The largest absolute Gasteiger partial charge is 0.466 e. The molecular weight excluding hydrogens is 591 g/mol. The number of thiol groups is 1.